The normalized spacial score (nSPS) is 31.3. The molecule has 11 heavy (non-hydrogen) atoms. The van der Waals surface area contributed by atoms with Crippen molar-refractivity contribution in [3.8, 4) is 6.07 Å². The summed E-state index contributed by atoms with van der Waals surface area (Å²) in [5.41, 5.74) is 0. The number of nitriles is 1. The zero-order chi connectivity index (χ0) is 8.10. The number of rotatable bonds is 2. The van der Waals surface area contributed by atoms with Crippen LogP contribution in [0.5, 0.6) is 0 Å². The Bertz CT molecular complexity index is 150. The van der Waals surface area contributed by atoms with E-state index >= 15 is 0 Å². The average molecular weight is 169 g/mol. The molecule has 2 atom stereocenters. The monoisotopic (exact) mass is 169 g/mol. The standard InChI is InChI=1S/C9H15NS/c1-2-8-4-6-11-9(7-8)3-5-10/h8-9H,2-4,6-7H2,1H3. The van der Waals surface area contributed by atoms with Crippen molar-refractivity contribution >= 4 is 11.8 Å². The van der Waals surface area contributed by atoms with Crippen molar-refractivity contribution < 1.29 is 0 Å². The summed E-state index contributed by atoms with van der Waals surface area (Å²) < 4.78 is 0. The van der Waals surface area contributed by atoms with E-state index in [0.717, 1.165) is 12.3 Å². The van der Waals surface area contributed by atoms with Gasteiger partial charge in [-0.3, -0.25) is 0 Å². The fraction of sp³-hybridized carbons (Fsp3) is 0.889. The molecule has 0 radical (unpaired) electrons. The molecule has 1 fully saturated rings. The zero-order valence-corrected chi connectivity index (χ0v) is 7.86. The van der Waals surface area contributed by atoms with Crippen molar-refractivity contribution in [3.63, 3.8) is 0 Å². The van der Waals surface area contributed by atoms with E-state index in [1.165, 1.54) is 25.0 Å². The van der Waals surface area contributed by atoms with Crippen LogP contribution >= 0.6 is 11.8 Å². The zero-order valence-electron chi connectivity index (χ0n) is 7.05. The minimum Gasteiger partial charge on any atom is -0.198 e. The predicted octanol–water partition coefficient (Wildman–Crippen LogP) is 2.82. The van der Waals surface area contributed by atoms with Gasteiger partial charge in [-0.15, -0.1) is 0 Å². The molecule has 1 aliphatic rings. The van der Waals surface area contributed by atoms with Gasteiger partial charge in [0.25, 0.3) is 0 Å². The van der Waals surface area contributed by atoms with Crippen LogP contribution in [0.3, 0.4) is 0 Å². The molecule has 0 amide bonds. The lowest BCUT2D eigenvalue weighted by Gasteiger charge is -2.26. The van der Waals surface area contributed by atoms with Crippen molar-refractivity contribution in [2.45, 2.75) is 37.9 Å². The molecule has 1 aliphatic heterocycles. The van der Waals surface area contributed by atoms with Gasteiger partial charge in [0, 0.05) is 11.7 Å². The van der Waals surface area contributed by atoms with Crippen LogP contribution < -0.4 is 0 Å². The van der Waals surface area contributed by atoms with Crippen LogP contribution in [0.1, 0.15) is 32.6 Å². The van der Waals surface area contributed by atoms with E-state index in [-0.39, 0.29) is 0 Å². The Hall–Kier alpha value is -0.160. The first-order chi connectivity index (χ1) is 5.36. The highest BCUT2D eigenvalue weighted by Gasteiger charge is 2.20. The Morgan fingerprint density at radius 3 is 3.09 bits per heavy atom. The maximum absolute atomic E-state index is 8.51. The van der Waals surface area contributed by atoms with Gasteiger partial charge in [0.05, 0.1) is 6.07 Å². The van der Waals surface area contributed by atoms with Crippen molar-refractivity contribution in [2.75, 3.05) is 5.75 Å². The van der Waals surface area contributed by atoms with Gasteiger partial charge in [0.1, 0.15) is 0 Å². The quantitative estimate of drug-likeness (QED) is 0.634. The van der Waals surface area contributed by atoms with E-state index in [0.29, 0.717) is 5.25 Å². The van der Waals surface area contributed by atoms with Gasteiger partial charge in [0.2, 0.25) is 0 Å². The summed E-state index contributed by atoms with van der Waals surface area (Å²) in [6.07, 6.45) is 4.68. The Morgan fingerprint density at radius 1 is 1.64 bits per heavy atom. The van der Waals surface area contributed by atoms with Gasteiger partial charge >= 0.3 is 0 Å². The lowest BCUT2D eigenvalue weighted by atomic mass is 9.96. The maximum Gasteiger partial charge on any atom is 0.0633 e. The number of thioether (sulfide) groups is 1. The number of hydrogen-bond donors (Lipinski definition) is 0. The minimum atomic E-state index is 0.638. The molecule has 1 nitrogen and oxygen atoms in total. The molecule has 1 heterocycles. The SMILES string of the molecule is CCC1CCSC(CC#N)C1. The summed E-state index contributed by atoms with van der Waals surface area (Å²) in [4.78, 5) is 0. The molecule has 0 spiro atoms. The Balaban J connectivity index is 2.28. The van der Waals surface area contributed by atoms with E-state index in [1.54, 1.807) is 0 Å². The Labute approximate surface area is 73.2 Å². The van der Waals surface area contributed by atoms with Crippen LogP contribution in [0, 0.1) is 17.2 Å². The van der Waals surface area contributed by atoms with Gasteiger partial charge in [-0.05, 0) is 24.5 Å². The van der Waals surface area contributed by atoms with E-state index in [4.69, 9.17) is 5.26 Å². The van der Waals surface area contributed by atoms with Gasteiger partial charge < -0.3 is 0 Å². The molecule has 62 valence electrons. The lowest BCUT2D eigenvalue weighted by molar-refractivity contribution is 0.440. The molecule has 0 saturated carbocycles. The molecule has 0 aromatic heterocycles. The number of nitrogens with zero attached hydrogens (tertiary/aromatic N) is 1. The highest BCUT2D eigenvalue weighted by Crippen LogP contribution is 2.32. The smallest absolute Gasteiger partial charge is 0.0633 e. The second-order valence-corrected chi connectivity index (χ2v) is 4.56. The Kier molecular flexibility index (Phi) is 3.79. The summed E-state index contributed by atoms with van der Waals surface area (Å²) in [5.74, 6) is 2.17. The third-order valence-corrected chi connectivity index (χ3v) is 3.67. The number of hydrogen-bond acceptors (Lipinski definition) is 2. The summed E-state index contributed by atoms with van der Waals surface area (Å²) in [5, 5.41) is 9.15. The molecule has 0 aromatic carbocycles. The Morgan fingerprint density at radius 2 is 2.45 bits per heavy atom. The van der Waals surface area contributed by atoms with E-state index < -0.39 is 0 Å². The largest absolute Gasteiger partial charge is 0.198 e. The summed E-state index contributed by atoms with van der Waals surface area (Å²) in [7, 11) is 0. The highest BCUT2D eigenvalue weighted by atomic mass is 32.2. The molecular weight excluding hydrogens is 154 g/mol. The van der Waals surface area contributed by atoms with Crippen LogP contribution in [0.2, 0.25) is 0 Å². The van der Waals surface area contributed by atoms with Crippen LogP contribution in [0.15, 0.2) is 0 Å². The lowest BCUT2D eigenvalue weighted by Crippen LogP contribution is -2.17. The average Bonchev–Trinajstić information content (AvgIpc) is 2.06. The predicted molar refractivity (Wildman–Crippen MR) is 49.5 cm³/mol. The molecule has 2 heteroatoms. The fourth-order valence-corrected chi connectivity index (χ4v) is 2.98. The molecule has 1 rings (SSSR count). The molecule has 0 aliphatic carbocycles. The van der Waals surface area contributed by atoms with Gasteiger partial charge in [-0.1, -0.05) is 13.3 Å². The first-order valence-corrected chi connectivity index (χ1v) is 5.40. The van der Waals surface area contributed by atoms with Gasteiger partial charge in [0.15, 0.2) is 0 Å². The van der Waals surface area contributed by atoms with Crippen molar-refractivity contribution in [3.05, 3.63) is 0 Å². The topological polar surface area (TPSA) is 23.8 Å². The fourth-order valence-electron chi connectivity index (χ4n) is 1.57. The molecule has 0 N–H and O–H groups in total. The third kappa shape index (κ3) is 2.75. The van der Waals surface area contributed by atoms with Crippen LogP contribution in [-0.4, -0.2) is 11.0 Å². The summed E-state index contributed by atoms with van der Waals surface area (Å²) in [6, 6.07) is 2.26. The van der Waals surface area contributed by atoms with Crippen molar-refractivity contribution in [2.24, 2.45) is 5.92 Å². The molecular formula is C9H15NS. The second-order valence-electron chi connectivity index (χ2n) is 3.15. The van der Waals surface area contributed by atoms with Crippen molar-refractivity contribution in [1.29, 1.82) is 5.26 Å². The van der Waals surface area contributed by atoms with Crippen LogP contribution in [0.25, 0.3) is 0 Å². The third-order valence-electron chi connectivity index (χ3n) is 2.37. The van der Waals surface area contributed by atoms with Gasteiger partial charge in [-0.25, -0.2) is 0 Å². The second kappa shape index (κ2) is 4.66. The summed E-state index contributed by atoms with van der Waals surface area (Å²) in [6.45, 7) is 2.25. The molecule has 0 bridgehead atoms. The van der Waals surface area contributed by atoms with Crippen LogP contribution in [-0.2, 0) is 0 Å². The first-order valence-electron chi connectivity index (χ1n) is 4.35. The molecule has 2 unspecified atom stereocenters. The van der Waals surface area contributed by atoms with E-state index in [2.05, 4.69) is 13.0 Å². The minimum absolute atomic E-state index is 0.638. The molecule has 1 saturated heterocycles. The van der Waals surface area contributed by atoms with E-state index in [1.807, 2.05) is 11.8 Å². The maximum atomic E-state index is 8.51. The van der Waals surface area contributed by atoms with E-state index in [9.17, 15) is 0 Å². The van der Waals surface area contributed by atoms with Gasteiger partial charge in [-0.2, -0.15) is 17.0 Å². The molecule has 0 aromatic rings. The first kappa shape index (κ1) is 8.93. The summed E-state index contributed by atoms with van der Waals surface area (Å²) >= 11 is 1.98. The highest BCUT2D eigenvalue weighted by molar-refractivity contribution is 7.99. The van der Waals surface area contributed by atoms with Crippen LogP contribution in [0.4, 0.5) is 0 Å². The van der Waals surface area contributed by atoms with Crippen molar-refractivity contribution in [1.82, 2.24) is 0 Å².